The van der Waals surface area contributed by atoms with Gasteiger partial charge in [0.25, 0.3) is 0 Å². The van der Waals surface area contributed by atoms with Crippen LogP contribution in [-0.4, -0.2) is 23.1 Å². The van der Waals surface area contributed by atoms with Crippen molar-refractivity contribution in [1.29, 1.82) is 0 Å². The first-order valence-electron chi connectivity index (χ1n) is 6.34. The Bertz CT molecular complexity index is 324. The van der Waals surface area contributed by atoms with Crippen LogP contribution in [0.25, 0.3) is 0 Å². The molecule has 2 nitrogen and oxygen atoms in total. The number of nitrogens with zero attached hydrogens (tertiary/aromatic N) is 1. The quantitative estimate of drug-likeness (QED) is 0.781. The SMILES string of the molecule is CCCNC(=S)N(CCC)Cc1ccccc1. The molecule has 1 aromatic rings. The zero-order valence-corrected chi connectivity index (χ0v) is 11.6. The molecule has 1 N–H and O–H groups in total. The van der Waals surface area contributed by atoms with Crippen LogP contribution in [0.5, 0.6) is 0 Å². The summed E-state index contributed by atoms with van der Waals surface area (Å²) in [6, 6.07) is 10.5. The Labute approximate surface area is 110 Å². The van der Waals surface area contributed by atoms with Crippen molar-refractivity contribution in [1.82, 2.24) is 10.2 Å². The number of nitrogens with one attached hydrogen (secondary N) is 1. The Kier molecular flexibility index (Phi) is 6.63. The zero-order chi connectivity index (χ0) is 12.5. The standard InChI is InChI=1S/C14H22N2S/c1-3-10-15-14(17)16(11-4-2)12-13-8-6-5-7-9-13/h5-9H,3-4,10-12H2,1-2H3,(H,15,17). The molecule has 0 aromatic heterocycles. The van der Waals surface area contributed by atoms with E-state index in [1.165, 1.54) is 5.56 Å². The topological polar surface area (TPSA) is 15.3 Å². The summed E-state index contributed by atoms with van der Waals surface area (Å²) in [6.07, 6.45) is 2.21. The molecule has 0 aliphatic rings. The lowest BCUT2D eigenvalue weighted by Crippen LogP contribution is -2.40. The van der Waals surface area contributed by atoms with Crippen LogP contribution in [-0.2, 0) is 6.54 Å². The molecule has 0 atom stereocenters. The summed E-state index contributed by atoms with van der Waals surface area (Å²) < 4.78 is 0. The van der Waals surface area contributed by atoms with Gasteiger partial charge in [-0.25, -0.2) is 0 Å². The van der Waals surface area contributed by atoms with Crippen LogP contribution in [0.15, 0.2) is 30.3 Å². The second-order valence-corrected chi connectivity index (χ2v) is 4.53. The van der Waals surface area contributed by atoms with Crippen molar-refractivity contribution < 1.29 is 0 Å². The molecule has 0 spiro atoms. The zero-order valence-electron chi connectivity index (χ0n) is 10.8. The van der Waals surface area contributed by atoms with E-state index in [9.17, 15) is 0 Å². The molecule has 0 saturated carbocycles. The molecule has 0 aliphatic carbocycles. The largest absolute Gasteiger partial charge is 0.363 e. The molecule has 0 heterocycles. The minimum Gasteiger partial charge on any atom is -0.363 e. The highest BCUT2D eigenvalue weighted by Crippen LogP contribution is 2.05. The molecular formula is C14H22N2S. The average Bonchev–Trinajstić information content (AvgIpc) is 2.36. The Balaban J connectivity index is 2.56. The van der Waals surface area contributed by atoms with Gasteiger partial charge in [-0.1, -0.05) is 44.2 Å². The molecular weight excluding hydrogens is 228 g/mol. The number of thiocarbonyl (C=S) groups is 1. The third-order valence-electron chi connectivity index (χ3n) is 2.52. The van der Waals surface area contributed by atoms with Gasteiger partial charge in [-0.2, -0.15) is 0 Å². The van der Waals surface area contributed by atoms with Gasteiger partial charge in [0.05, 0.1) is 0 Å². The first kappa shape index (κ1) is 14.0. The number of benzene rings is 1. The lowest BCUT2D eigenvalue weighted by molar-refractivity contribution is 0.404. The molecule has 0 aliphatic heterocycles. The van der Waals surface area contributed by atoms with Gasteiger partial charge in [-0.05, 0) is 30.6 Å². The normalized spacial score (nSPS) is 10.0. The van der Waals surface area contributed by atoms with Gasteiger partial charge in [0.15, 0.2) is 5.11 Å². The summed E-state index contributed by atoms with van der Waals surface area (Å²) in [5, 5.41) is 4.17. The van der Waals surface area contributed by atoms with E-state index in [2.05, 4.69) is 48.3 Å². The molecule has 17 heavy (non-hydrogen) atoms. The van der Waals surface area contributed by atoms with E-state index < -0.39 is 0 Å². The molecule has 3 heteroatoms. The fourth-order valence-electron chi connectivity index (χ4n) is 1.67. The fraction of sp³-hybridized carbons (Fsp3) is 0.500. The monoisotopic (exact) mass is 250 g/mol. The molecule has 0 bridgehead atoms. The third-order valence-corrected chi connectivity index (χ3v) is 2.93. The van der Waals surface area contributed by atoms with Gasteiger partial charge >= 0.3 is 0 Å². The van der Waals surface area contributed by atoms with Crippen LogP contribution in [0.4, 0.5) is 0 Å². The minimum atomic E-state index is 0.873. The average molecular weight is 250 g/mol. The van der Waals surface area contributed by atoms with E-state index >= 15 is 0 Å². The Morgan fingerprint density at radius 3 is 2.47 bits per heavy atom. The number of hydrogen-bond donors (Lipinski definition) is 1. The van der Waals surface area contributed by atoms with E-state index in [4.69, 9.17) is 12.2 Å². The van der Waals surface area contributed by atoms with Crippen LogP contribution in [0.1, 0.15) is 32.3 Å². The summed E-state index contributed by atoms with van der Waals surface area (Å²) in [6.45, 7) is 7.18. The molecule has 0 unspecified atom stereocenters. The highest BCUT2D eigenvalue weighted by molar-refractivity contribution is 7.80. The van der Waals surface area contributed by atoms with Gasteiger partial charge < -0.3 is 10.2 Å². The van der Waals surface area contributed by atoms with Crippen molar-refractivity contribution in [2.75, 3.05) is 13.1 Å². The highest BCUT2D eigenvalue weighted by Gasteiger charge is 2.08. The van der Waals surface area contributed by atoms with Crippen molar-refractivity contribution in [3.8, 4) is 0 Å². The van der Waals surface area contributed by atoms with Crippen molar-refractivity contribution in [3.63, 3.8) is 0 Å². The predicted molar refractivity (Wildman–Crippen MR) is 78.0 cm³/mol. The fourth-order valence-corrected chi connectivity index (χ4v) is 1.93. The van der Waals surface area contributed by atoms with Gasteiger partial charge in [-0.3, -0.25) is 0 Å². The molecule has 94 valence electrons. The van der Waals surface area contributed by atoms with E-state index in [-0.39, 0.29) is 0 Å². The summed E-state index contributed by atoms with van der Waals surface area (Å²) in [5.41, 5.74) is 1.31. The van der Waals surface area contributed by atoms with Crippen LogP contribution < -0.4 is 5.32 Å². The highest BCUT2D eigenvalue weighted by atomic mass is 32.1. The van der Waals surface area contributed by atoms with Crippen molar-refractivity contribution in [2.45, 2.75) is 33.2 Å². The van der Waals surface area contributed by atoms with Crippen molar-refractivity contribution in [3.05, 3.63) is 35.9 Å². The van der Waals surface area contributed by atoms with Gasteiger partial charge in [0.1, 0.15) is 0 Å². The number of hydrogen-bond acceptors (Lipinski definition) is 1. The lowest BCUT2D eigenvalue weighted by atomic mass is 10.2. The summed E-state index contributed by atoms with van der Waals surface area (Å²) >= 11 is 5.42. The molecule has 1 aromatic carbocycles. The molecule has 0 radical (unpaired) electrons. The van der Waals surface area contributed by atoms with Crippen LogP contribution in [0.2, 0.25) is 0 Å². The molecule has 0 saturated heterocycles. The summed E-state index contributed by atoms with van der Waals surface area (Å²) in [7, 11) is 0. The van der Waals surface area contributed by atoms with Crippen LogP contribution >= 0.6 is 12.2 Å². The van der Waals surface area contributed by atoms with Gasteiger partial charge in [0.2, 0.25) is 0 Å². The second-order valence-electron chi connectivity index (χ2n) is 4.14. The maximum absolute atomic E-state index is 5.42. The lowest BCUT2D eigenvalue weighted by Gasteiger charge is -2.25. The Hall–Kier alpha value is -1.09. The molecule has 1 rings (SSSR count). The van der Waals surface area contributed by atoms with E-state index in [0.717, 1.165) is 37.6 Å². The van der Waals surface area contributed by atoms with Crippen molar-refractivity contribution >= 4 is 17.3 Å². The summed E-state index contributed by atoms with van der Waals surface area (Å²) in [5.74, 6) is 0. The molecule has 0 fully saturated rings. The van der Waals surface area contributed by atoms with E-state index in [0.29, 0.717) is 0 Å². The third kappa shape index (κ3) is 5.18. The second kappa shape index (κ2) is 8.07. The van der Waals surface area contributed by atoms with E-state index in [1.807, 2.05) is 6.07 Å². The van der Waals surface area contributed by atoms with Crippen LogP contribution in [0, 0.1) is 0 Å². The summed E-state index contributed by atoms with van der Waals surface area (Å²) in [4.78, 5) is 2.24. The van der Waals surface area contributed by atoms with Gasteiger partial charge in [-0.15, -0.1) is 0 Å². The first-order chi connectivity index (χ1) is 8.27. The maximum atomic E-state index is 5.42. The Morgan fingerprint density at radius 2 is 1.88 bits per heavy atom. The van der Waals surface area contributed by atoms with Crippen LogP contribution in [0.3, 0.4) is 0 Å². The smallest absolute Gasteiger partial charge is 0.169 e. The minimum absolute atomic E-state index is 0.873. The predicted octanol–water partition coefficient (Wildman–Crippen LogP) is 3.18. The van der Waals surface area contributed by atoms with Gasteiger partial charge in [0, 0.05) is 19.6 Å². The van der Waals surface area contributed by atoms with Crippen molar-refractivity contribution in [2.24, 2.45) is 0 Å². The maximum Gasteiger partial charge on any atom is 0.169 e. The number of rotatable bonds is 6. The first-order valence-corrected chi connectivity index (χ1v) is 6.75. The Morgan fingerprint density at radius 1 is 1.18 bits per heavy atom. The van der Waals surface area contributed by atoms with E-state index in [1.54, 1.807) is 0 Å². The molecule has 0 amide bonds.